The van der Waals surface area contributed by atoms with Crippen molar-refractivity contribution in [3.63, 3.8) is 0 Å². The number of carbonyl (C=O) groups is 1. The average molecular weight is 431 g/mol. The maximum Gasteiger partial charge on any atom is 0.196 e. The second-order valence-corrected chi connectivity index (χ2v) is 7.98. The summed E-state index contributed by atoms with van der Waals surface area (Å²) < 4.78 is 7.94. The molecule has 0 saturated heterocycles. The van der Waals surface area contributed by atoms with Crippen molar-refractivity contribution in [3.05, 3.63) is 84.2 Å². The van der Waals surface area contributed by atoms with E-state index in [1.165, 1.54) is 0 Å². The lowest BCUT2D eigenvalue weighted by Crippen LogP contribution is -2.06. The zero-order valence-electron chi connectivity index (χ0n) is 17.4. The molecule has 0 spiro atoms. The number of ketones is 1. The fourth-order valence-electron chi connectivity index (χ4n) is 3.25. The number of hydrogen-bond acceptors (Lipinski definition) is 6. The molecule has 156 valence electrons. The van der Waals surface area contributed by atoms with Gasteiger partial charge in [-0.15, -0.1) is 10.2 Å². The van der Waals surface area contributed by atoms with Gasteiger partial charge in [0.1, 0.15) is 5.75 Å². The smallest absolute Gasteiger partial charge is 0.196 e. The summed E-state index contributed by atoms with van der Waals surface area (Å²) in [6, 6.07) is 19.3. The maximum absolute atomic E-state index is 11.8. The summed E-state index contributed by atoms with van der Waals surface area (Å²) in [7, 11) is 0. The van der Waals surface area contributed by atoms with Crippen molar-refractivity contribution in [2.45, 2.75) is 19.0 Å². The van der Waals surface area contributed by atoms with Crippen LogP contribution in [0.25, 0.3) is 17.1 Å². The summed E-state index contributed by atoms with van der Waals surface area (Å²) in [6.45, 7) is 4.06. The van der Waals surface area contributed by atoms with Crippen LogP contribution in [0, 0.1) is 6.92 Å². The van der Waals surface area contributed by atoms with Crippen molar-refractivity contribution in [3.8, 4) is 22.8 Å². The number of ether oxygens (including phenoxy) is 1. The lowest BCUT2D eigenvalue weighted by molar-refractivity contribution is 0.101. The summed E-state index contributed by atoms with van der Waals surface area (Å²) in [5, 5.41) is 9.69. The highest BCUT2D eigenvalue weighted by Crippen LogP contribution is 2.29. The molecule has 6 nitrogen and oxygen atoms in total. The van der Waals surface area contributed by atoms with Crippen LogP contribution in [0.3, 0.4) is 0 Å². The Hall–Kier alpha value is -3.45. The number of carbonyl (C=O) groups excluding carboxylic acids is 1. The molecule has 0 atom stereocenters. The molecule has 0 aliphatic carbocycles. The van der Waals surface area contributed by atoms with Gasteiger partial charge in [0.25, 0.3) is 0 Å². The highest BCUT2D eigenvalue weighted by molar-refractivity contribution is 7.99. The normalized spacial score (nSPS) is 10.8. The van der Waals surface area contributed by atoms with E-state index >= 15 is 0 Å². The largest absolute Gasteiger partial charge is 0.492 e. The van der Waals surface area contributed by atoms with Crippen LogP contribution in [0.4, 0.5) is 0 Å². The van der Waals surface area contributed by atoms with Crippen LogP contribution >= 0.6 is 11.8 Å². The summed E-state index contributed by atoms with van der Waals surface area (Å²) in [6.07, 6.45) is 3.50. The summed E-state index contributed by atoms with van der Waals surface area (Å²) in [5.74, 6) is 2.02. The Kier molecular flexibility index (Phi) is 6.43. The van der Waals surface area contributed by atoms with Gasteiger partial charge in [0.2, 0.25) is 0 Å². The predicted octanol–water partition coefficient (Wildman–Crippen LogP) is 5.01. The van der Waals surface area contributed by atoms with Crippen molar-refractivity contribution in [2.75, 3.05) is 12.4 Å². The first kappa shape index (κ1) is 20.8. The molecule has 0 N–H and O–H groups in total. The zero-order chi connectivity index (χ0) is 21.6. The molecule has 2 aromatic heterocycles. The second-order valence-electron chi connectivity index (χ2n) is 6.91. The van der Waals surface area contributed by atoms with Gasteiger partial charge in [-0.1, -0.05) is 42.1 Å². The van der Waals surface area contributed by atoms with Crippen LogP contribution in [-0.2, 0) is 0 Å². The summed E-state index contributed by atoms with van der Waals surface area (Å²) >= 11 is 1.56. The zero-order valence-corrected chi connectivity index (χ0v) is 18.2. The van der Waals surface area contributed by atoms with Gasteiger partial charge in [-0.3, -0.25) is 14.3 Å². The number of aryl methyl sites for hydroxylation is 1. The third-order valence-corrected chi connectivity index (χ3v) is 5.66. The molecule has 0 unspecified atom stereocenters. The van der Waals surface area contributed by atoms with Gasteiger partial charge >= 0.3 is 0 Å². The van der Waals surface area contributed by atoms with E-state index < -0.39 is 0 Å². The third kappa shape index (κ3) is 4.67. The molecular weight excluding hydrogens is 408 g/mol. The first-order valence-electron chi connectivity index (χ1n) is 9.92. The molecule has 0 aliphatic rings. The maximum atomic E-state index is 11.8. The number of para-hydroxylation sites is 2. The average Bonchev–Trinajstić information content (AvgIpc) is 3.21. The number of nitrogens with zero attached hydrogens (tertiary/aromatic N) is 4. The first-order valence-corrected chi connectivity index (χ1v) is 10.9. The Balaban J connectivity index is 1.56. The molecule has 0 amide bonds. The minimum atomic E-state index is -0.00968. The number of Topliss-reactive ketones (excluding diaryl/α,β-unsaturated/α-hetero) is 1. The molecule has 7 heteroatoms. The van der Waals surface area contributed by atoms with E-state index in [1.807, 2.05) is 42.5 Å². The monoisotopic (exact) mass is 430 g/mol. The summed E-state index contributed by atoms with van der Waals surface area (Å²) in [4.78, 5) is 15.9. The topological polar surface area (TPSA) is 69.9 Å². The van der Waals surface area contributed by atoms with Crippen molar-refractivity contribution in [1.29, 1.82) is 0 Å². The molecule has 2 aromatic carbocycles. The fourth-order valence-corrected chi connectivity index (χ4v) is 4.01. The quantitative estimate of drug-likeness (QED) is 0.222. The minimum absolute atomic E-state index is 0.00968. The molecule has 0 bridgehead atoms. The van der Waals surface area contributed by atoms with E-state index in [0.717, 1.165) is 27.8 Å². The molecule has 31 heavy (non-hydrogen) atoms. The van der Waals surface area contributed by atoms with Crippen molar-refractivity contribution >= 4 is 17.5 Å². The van der Waals surface area contributed by atoms with Gasteiger partial charge in [0, 0.05) is 23.7 Å². The Morgan fingerprint density at radius 3 is 2.52 bits per heavy atom. The van der Waals surface area contributed by atoms with Crippen LogP contribution in [0.1, 0.15) is 22.8 Å². The summed E-state index contributed by atoms with van der Waals surface area (Å²) in [5.41, 5.74) is 3.70. The van der Waals surface area contributed by atoms with Gasteiger partial charge < -0.3 is 4.74 Å². The Morgan fingerprint density at radius 2 is 1.74 bits per heavy atom. The van der Waals surface area contributed by atoms with E-state index in [1.54, 1.807) is 37.1 Å². The molecule has 4 aromatic rings. The van der Waals surface area contributed by atoms with Crippen molar-refractivity contribution in [2.24, 2.45) is 0 Å². The van der Waals surface area contributed by atoms with E-state index in [0.29, 0.717) is 23.7 Å². The molecule has 0 saturated carbocycles. The number of aromatic nitrogens is 4. The van der Waals surface area contributed by atoms with E-state index in [4.69, 9.17) is 4.74 Å². The minimum Gasteiger partial charge on any atom is -0.492 e. The SMILES string of the molecule is CC(=O)c1ccccc1OCCSc1nnc(-c2ccncc2)n1-c1ccccc1C. The standard InChI is InChI=1S/C24H22N4O2S/c1-17-7-3-5-9-21(17)28-23(19-11-13-25-14-12-19)26-27-24(28)31-16-15-30-22-10-6-4-8-20(22)18(2)29/h3-14H,15-16H2,1-2H3. The Labute approximate surface area is 185 Å². The lowest BCUT2D eigenvalue weighted by atomic mass is 10.1. The van der Waals surface area contributed by atoms with Gasteiger partial charge in [-0.2, -0.15) is 0 Å². The van der Waals surface area contributed by atoms with Crippen LogP contribution in [0.2, 0.25) is 0 Å². The van der Waals surface area contributed by atoms with Crippen molar-refractivity contribution < 1.29 is 9.53 Å². The van der Waals surface area contributed by atoms with Gasteiger partial charge in [0.15, 0.2) is 16.8 Å². The number of hydrogen-bond donors (Lipinski definition) is 0. The van der Waals surface area contributed by atoms with Crippen LogP contribution in [0.5, 0.6) is 5.75 Å². The van der Waals surface area contributed by atoms with E-state index in [9.17, 15) is 4.79 Å². The Bertz CT molecular complexity index is 1190. The number of pyridine rings is 1. The van der Waals surface area contributed by atoms with E-state index in [2.05, 4.69) is 38.8 Å². The molecular formula is C24H22N4O2S. The third-order valence-electron chi connectivity index (χ3n) is 4.77. The molecule has 0 aliphatic heterocycles. The molecule has 2 heterocycles. The van der Waals surface area contributed by atoms with E-state index in [-0.39, 0.29) is 5.78 Å². The molecule has 0 radical (unpaired) electrons. The van der Waals surface area contributed by atoms with Crippen LogP contribution < -0.4 is 4.74 Å². The number of rotatable bonds is 8. The number of benzene rings is 2. The molecule has 4 rings (SSSR count). The van der Waals surface area contributed by atoms with Gasteiger partial charge in [0.05, 0.1) is 17.9 Å². The lowest BCUT2D eigenvalue weighted by Gasteiger charge is -2.13. The van der Waals surface area contributed by atoms with Gasteiger partial charge in [-0.25, -0.2) is 0 Å². The fraction of sp³-hybridized carbons (Fsp3) is 0.167. The molecule has 0 fully saturated rings. The van der Waals surface area contributed by atoms with Crippen molar-refractivity contribution in [1.82, 2.24) is 19.7 Å². The van der Waals surface area contributed by atoms with Gasteiger partial charge in [-0.05, 0) is 49.7 Å². The van der Waals surface area contributed by atoms with Crippen LogP contribution in [-0.4, -0.2) is 37.9 Å². The highest BCUT2D eigenvalue weighted by Gasteiger charge is 2.17. The van der Waals surface area contributed by atoms with Crippen LogP contribution in [0.15, 0.2) is 78.2 Å². The second kappa shape index (κ2) is 9.57. The number of thioether (sulfide) groups is 1. The highest BCUT2D eigenvalue weighted by atomic mass is 32.2. The Morgan fingerprint density at radius 1 is 1.00 bits per heavy atom. The first-order chi connectivity index (χ1) is 15.1. The predicted molar refractivity (Wildman–Crippen MR) is 122 cm³/mol.